The number of benzene rings is 1. The normalized spacial score (nSPS) is 10.6. The minimum absolute atomic E-state index is 0.0750. The maximum atomic E-state index is 11.6. The Labute approximate surface area is 135 Å². The van der Waals surface area contributed by atoms with E-state index in [9.17, 15) is 4.79 Å². The molecule has 0 saturated heterocycles. The maximum Gasteiger partial charge on any atom is 0.220 e. The Hall–Kier alpha value is -1.72. The van der Waals surface area contributed by atoms with Gasteiger partial charge in [-0.25, -0.2) is 4.98 Å². The number of carbonyl (C=O) groups is 1. The molecule has 0 aliphatic rings. The molecule has 2 aromatic rings. The van der Waals surface area contributed by atoms with E-state index in [1.807, 2.05) is 0 Å². The van der Waals surface area contributed by atoms with E-state index in [0.717, 1.165) is 29.1 Å². The van der Waals surface area contributed by atoms with Crippen LogP contribution in [0.3, 0.4) is 0 Å². The lowest BCUT2D eigenvalue weighted by Crippen LogP contribution is -2.25. The summed E-state index contributed by atoms with van der Waals surface area (Å²) in [5.74, 6) is 0.0750. The van der Waals surface area contributed by atoms with Crippen LogP contribution in [0.2, 0.25) is 0 Å². The molecule has 4 nitrogen and oxygen atoms in total. The Morgan fingerprint density at radius 3 is 2.82 bits per heavy atom. The highest BCUT2D eigenvalue weighted by Gasteiger charge is 2.06. The number of ether oxygens (including phenoxy) is 1. The van der Waals surface area contributed by atoms with Crippen molar-refractivity contribution in [2.75, 3.05) is 20.3 Å². The van der Waals surface area contributed by atoms with Gasteiger partial charge in [0.2, 0.25) is 5.91 Å². The van der Waals surface area contributed by atoms with E-state index in [1.54, 1.807) is 18.4 Å². The van der Waals surface area contributed by atoms with Gasteiger partial charge in [-0.2, -0.15) is 0 Å². The Bertz CT molecular complexity index is 593. The van der Waals surface area contributed by atoms with Gasteiger partial charge < -0.3 is 10.1 Å². The molecule has 1 aromatic heterocycles. The standard InChI is InChI=1S/C17H22N2O2S/c1-13-5-7-14(8-6-13)17-19-15(12-22-17)9-10-18-16(20)4-3-11-21-2/h5-8,12H,3-4,9-11H2,1-2H3,(H,18,20). The zero-order valence-electron chi connectivity index (χ0n) is 13.1. The fraction of sp³-hybridized carbons (Fsp3) is 0.412. The van der Waals surface area contributed by atoms with Gasteiger partial charge in [-0.15, -0.1) is 11.3 Å². The predicted octanol–water partition coefficient (Wildman–Crippen LogP) is 3.20. The SMILES string of the molecule is COCCCC(=O)NCCc1csc(-c2ccc(C)cc2)n1. The van der Waals surface area contributed by atoms with Crippen molar-refractivity contribution in [2.24, 2.45) is 0 Å². The summed E-state index contributed by atoms with van der Waals surface area (Å²) in [6.07, 6.45) is 2.04. The summed E-state index contributed by atoms with van der Waals surface area (Å²) in [5.41, 5.74) is 3.42. The Balaban J connectivity index is 1.78. The molecule has 1 aromatic carbocycles. The van der Waals surface area contributed by atoms with E-state index in [1.165, 1.54) is 5.56 Å². The summed E-state index contributed by atoms with van der Waals surface area (Å²) in [5, 5.41) is 6.01. The zero-order chi connectivity index (χ0) is 15.8. The van der Waals surface area contributed by atoms with E-state index in [2.05, 4.69) is 46.9 Å². The quantitative estimate of drug-likeness (QED) is 0.760. The molecule has 0 saturated carbocycles. The molecule has 118 valence electrons. The predicted molar refractivity (Wildman–Crippen MR) is 90.1 cm³/mol. The molecular weight excluding hydrogens is 296 g/mol. The maximum absolute atomic E-state index is 11.6. The lowest BCUT2D eigenvalue weighted by atomic mass is 10.2. The largest absolute Gasteiger partial charge is 0.385 e. The van der Waals surface area contributed by atoms with Crippen molar-refractivity contribution in [3.05, 3.63) is 40.9 Å². The van der Waals surface area contributed by atoms with Crippen molar-refractivity contribution in [3.63, 3.8) is 0 Å². The minimum atomic E-state index is 0.0750. The number of hydrogen-bond acceptors (Lipinski definition) is 4. The number of hydrogen-bond donors (Lipinski definition) is 1. The second kappa shape index (κ2) is 8.66. The number of thiazole rings is 1. The number of methoxy groups -OCH3 is 1. The summed E-state index contributed by atoms with van der Waals surface area (Å²) in [6.45, 7) is 3.33. The Morgan fingerprint density at radius 2 is 2.09 bits per heavy atom. The first-order valence-corrected chi connectivity index (χ1v) is 8.34. The fourth-order valence-electron chi connectivity index (χ4n) is 2.05. The van der Waals surface area contributed by atoms with E-state index < -0.39 is 0 Å². The molecule has 0 aliphatic heterocycles. The summed E-state index contributed by atoms with van der Waals surface area (Å²) in [4.78, 5) is 16.2. The smallest absolute Gasteiger partial charge is 0.220 e. The van der Waals surface area contributed by atoms with Crippen molar-refractivity contribution in [1.29, 1.82) is 0 Å². The van der Waals surface area contributed by atoms with Gasteiger partial charge in [0, 0.05) is 44.0 Å². The van der Waals surface area contributed by atoms with Crippen LogP contribution in [-0.2, 0) is 16.0 Å². The molecule has 0 aliphatic carbocycles. The topological polar surface area (TPSA) is 51.2 Å². The van der Waals surface area contributed by atoms with Crippen LogP contribution in [0.25, 0.3) is 10.6 Å². The van der Waals surface area contributed by atoms with E-state index in [-0.39, 0.29) is 5.91 Å². The fourth-order valence-corrected chi connectivity index (χ4v) is 2.91. The summed E-state index contributed by atoms with van der Waals surface area (Å²) in [7, 11) is 1.64. The number of aryl methyl sites for hydroxylation is 1. The highest BCUT2D eigenvalue weighted by atomic mass is 32.1. The van der Waals surface area contributed by atoms with Crippen LogP contribution < -0.4 is 5.32 Å². The van der Waals surface area contributed by atoms with Crippen molar-refractivity contribution in [2.45, 2.75) is 26.2 Å². The van der Waals surface area contributed by atoms with Crippen LogP contribution in [0.4, 0.5) is 0 Å². The van der Waals surface area contributed by atoms with Crippen molar-refractivity contribution in [1.82, 2.24) is 10.3 Å². The Morgan fingerprint density at radius 1 is 1.32 bits per heavy atom. The number of nitrogens with one attached hydrogen (secondary N) is 1. The van der Waals surface area contributed by atoms with Gasteiger partial charge in [0.25, 0.3) is 0 Å². The van der Waals surface area contributed by atoms with Crippen molar-refractivity contribution in [3.8, 4) is 10.6 Å². The molecular formula is C17H22N2O2S. The highest BCUT2D eigenvalue weighted by Crippen LogP contribution is 2.24. The first-order chi connectivity index (χ1) is 10.7. The molecule has 1 heterocycles. The van der Waals surface area contributed by atoms with Gasteiger partial charge in [0.05, 0.1) is 5.69 Å². The third-order valence-corrected chi connectivity index (χ3v) is 4.25. The summed E-state index contributed by atoms with van der Waals surface area (Å²) < 4.78 is 4.93. The summed E-state index contributed by atoms with van der Waals surface area (Å²) in [6, 6.07) is 8.37. The molecule has 0 bridgehead atoms. The van der Waals surface area contributed by atoms with Gasteiger partial charge in [-0.3, -0.25) is 4.79 Å². The molecule has 0 unspecified atom stereocenters. The van der Waals surface area contributed by atoms with Crippen LogP contribution >= 0.6 is 11.3 Å². The van der Waals surface area contributed by atoms with E-state index in [4.69, 9.17) is 4.74 Å². The van der Waals surface area contributed by atoms with Crippen molar-refractivity contribution < 1.29 is 9.53 Å². The molecule has 1 amide bonds. The molecule has 0 spiro atoms. The molecule has 5 heteroatoms. The average molecular weight is 318 g/mol. The van der Waals surface area contributed by atoms with E-state index in [0.29, 0.717) is 19.6 Å². The second-order valence-electron chi connectivity index (χ2n) is 5.21. The minimum Gasteiger partial charge on any atom is -0.385 e. The molecule has 22 heavy (non-hydrogen) atoms. The average Bonchev–Trinajstić information content (AvgIpc) is 2.97. The van der Waals surface area contributed by atoms with Gasteiger partial charge in [-0.05, 0) is 13.3 Å². The molecule has 0 radical (unpaired) electrons. The number of amides is 1. The highest BCUT2D eigenvalue weighted by molar-refractivity contribution is 7.13. The molecule has 2 rings (SSSR count). The number of aromatic nitrogens is 1. The molecule has 1 N–H and O–H groups in total. The van der Waals surface area contributed by atoms with Gasteiger partial charge in [0.15, 0.2) is 0 Å². The number of carbonyl (C=O) groups excluding carboxylic acids is 1. The van der Waals surface area contributed by atoms with Crippen LogP contribution in [0.15, 0.2) is 29.6 Å². The molecule has 0 atom stereocenters. The number of rotatable bonds is 8. The Kier molecular flexibility index (Phi) is 6.55. The van der Waals surface area contributed by atoms with Crippen molar-refractivity contribution >= 4 is 17.2 Å². The van der Waals surface area contributed by atoms with Crippen LogP contribution in [0.5, 0.6) is 0 Å². The number of nitrogens with zero attached hydrogens (tertiary/aromatic N) is 1. The summed E-state index contributed by atoms with van der Waals surface area (Å²) >= 11 is 1.64. The van der Waals surface area contributed by atoms with Crippen LogP contribution in [0.1, 0.15) is 24.1 Å². The first kappa shape index (κ1) is 16.6. The zero-order valence-corrected chi connectivity index (χ0v) is 13.9. The third kappa shape index (κ3) is 5.24. The van der Waals surface area contributed by atoms with Crippen LogP contribution in [-0.4, -0.2) is 31.2 Å². The van der Waals surface area contributed by atoms with Gasteiger partial charge in [0.1, 0.15) is 5.01 Å². The second-order valence-corrected chi connectivity index (χ2v) is 6.06. The van der Waals surface area contributed by atoms with Gasteiger partial charge >= 0.3 is 0 Å². The lowest BCUT2D eigenvalue weighted by molar-refractivity contribution is -0.121. The first-order valence-electron chi connectivity index (χ1n) is 7.46. The monoisotopic (exact) mass is 318 g/mol. The van der Waals surface area contributed by atoms with Gasteiger partial charge in [-0.1, -0.05) is 29.8 Å². The molecule has 0 fully saturated rings. The third-order valence-electron chi connectivity index (χ3n) is 3.31. The lowest BCUT2D eigenvalue weighted by Gasteiger charge is -2.03. The van der Waals surface area contributed by atoms with E-state index >= 15 is 0 Å². The van der Waals surface area contributed by atoms with Crippen LogP contribution in [0, 0.1) is 6.92 Å².